The maximum atomic E-state index is 13.5. The van der Waals surface area contributed by atoms with Gasteiger partial charge in [-0.15, -0.1) is 0 Å². The minimum Gasteiger partial charge on any atom is -0.329 e. The van der Waals surface area contributed by atoms with Gasteiger partial charge in [-0.05, 0) is 49.4 Å². The third kappa shape index (κ3) is 2.67. The molecule has 0 saturated heterocycles. The summed E-state index contributed by atoms with van der Waals surface area (Å²) in [6.07, 6.45) is 1.84. The first-order valence-corrected chi connectivity index (χ1v) is 7.02. The van der Waals surface area contributed by atoms with Crippen molar-refractivity contribution in [3.05, 3.63) is 65.7 Å². The van der Waals surface area contributed by atoms with Crippen molar-refractivity contribution in [2.75, 3.05) is 7.05 Å². The standard InChI is InChI=1S/C17H18FN3/c1-12-7-8-13(18)9-14(12)16(19-2)10-21-11-20-15-5-3-4-6-17(15)21/h3-9,11,16,19H,10H2,1-2H3. The first kappa shape index (κ1) is 13.8. The number of para-hydroxylation sites is 2. The van der Waals surface area contributed by atoms with Gasteiger partial charge in [0.05, 0.1) is 23.4 Å². The molecule has 3 aromatic rings. The van der Waals surface area contributed by atoms with Crippen LogP contribution >= 0.6 is 0 Å². The third-order valence-electron chi connectivity index (χ3n) is 3.87. The highest BCUT2D eigenvalue weighted by atomic mass is 19.1. The largest absolute Gasteiger partial charge is 0.329 e. The zero-order valence-electron chi connectivity index (χ0n) is 12.2. The van der Waals surface area contributed by atoms with E-state index >= 15 is 0 Å². The zero-order chi connectivity index (χ0) is 14.8. The zero-order valence-corrected chi connectivity index (χ0v) is 12.2. The van der Waals surface area contributed by atoms with Crippen molar-refractivity contribution >= 4 is 11.0 Å². The molecule has 1 N–H and O–H groups in total. The van der Waals surface area contributed by atoms with Gasteiger partial charge in [-0.1, -0.05) is 18.2 Å². The minimum atomic E-state index is -0.202. The summed E-state index contributed by atoms with van der Waals surface area (Å²) >= 11 is 0. The molecule has 0 fully saturated rings. The van der Waals surface area contributed by atoms with Crippen molar-refractivity contribution in [1.29, 1.82) is 0 Å². The molecule has 1 atom stereocenters. The number of rotatable bonds is 4. The summed E-state index contributed by atoms with van der Waals surface area (Å²) in [5, 5.41) is 3.27. The predicted molar refractivity (Wildman–Crippen MR) is 82.7 cm³/mol. The van der Waals surface area contributed by atoms with Crippen molar-refractivity contribution in [3.8, 4) is 0 Å². The summed E-state index contributed by atoms with van der Waals surface area (Å²) < 4.78 is 15.6. The highest BCUT2D eigenvalue weighted by molar-refractivity contribution is 5.74. The van der Waals surface area contributed by atoms with Crippen molar-refractivity contribution in [1.82, 2.24) is 14.9 Å². The molecule has 21 heavy (non-hydrogen) atoms. The van der Waals surface area contributed by atoms with E-state index in [0.717, 1.165) is 22.2 Å². The Morgan fingerprint density at radius 2 is 2.05 bits per heavy atom. The number of hydrogen-bond donors (Lipinski definition) is 1. The Bertz CT molecular complexity index is 764. The number of halogens is 1. The van der Waals surface area contributed by atoms with E-state index in [-0.39, 0.29) is 11.9 Å². The number of nitrogens with zero attached hydrogens (tertiary/aromatic N) is 2. The first-order chi connectivity index (χ1) is 10.2. The lowest BCUT2D eigenvalue weighted by Gasteiger charge is -2.20. The van der Waals surface area contributed by atoms with E-state index in [1.54, 1.807) is 6.07 Å². The van der Waals surface area contributed by atoms with Gasteiger partial charge in [0, 0.05) is 6.54 Å². The fraction of sp³-hybridized carbons (Fsp3) is 0.235. The summed E-state index contributed by atoms with van der Waals surface area (Å²) in [5.74, 6) is -0.202. The van der Waals surface area contributed by atoms with E-state index in [1.807, 2.05) is 50.6 Å². The number of likely N-dealkylation sites (N-methyl/N-ethyl adjacent to an activating group) is 1. The molecular weight excluding hydrogens is 265 g/mol. The van der Waals surface area contributed by atoms with E-state index in [1.165, 1.54) is 6.07 Å². The molecule has 1 heterocycles. The van der Waals surface area contributed by atoms with Crippen LogP contribution in [0.4, 0.5) is 4.39 Å². The average molecular weight is 283 g/mol. The van der Waals surface area contributed by atoms with Gasteiger partial charge in [0.1, 0.15) is 5.82 Å². The molecule has 0 amide bonds. The van der Waals surface area contributed by atoms with Gasteiger partial charge in [0.2, 0.25) is 0 Å². The van der Waals surface area contributed by atoms with Gasteiger partial charge in [0.15, 0.2) is 0 Å². The second-order valence-electron chi connectivity index (χ2n) is 5.23. The van der Waals surface area contributed by atoms with Gasteiger partial charge < -0.3 is 9.88 Å². The number of imidazole rings is 1. The van der Waals surface area contributed by atoms with Crippen LogP contribution in [-0.4, -0.2) is 16.6 Å². The van der Waals surface area contributed by atoms with Crippen LogP contribution in [0.2, 0.25) is 0 Å². The van der Waals surface area contributed by atoms with E-state index < -0.39 is 0 Å². The SMILES string of the molecule is CNC(Cn1cnc2ccccc21)c1cc(F)ccc1C. The van der Waals surface area contributed by atoms with Gasteiger partial charge in [-0.3, -0.25) is 0 Å². The molecule has 0 bridgehead atoms. The Hall–Kier alpha value is -2.20. The number of aryl methyl sites for hydroxylation is 1. The Kier molecular flexibility index (Phi) is 3.71. The normalized spacial score (nSPS) is 12.7. The number of hydrogen-bond acceptors (Lipinski definition) is 2. The fourth-order valence-corrected chi connectivity index (χ4v) is 2.68. The smallest absolute Gasteiger partial charge is 0.123 e. The van der Waals surface area contributed by atoms with Crippen LogP contribution in [0.3, 0.4) is 0 Å². The lowest BCUT2D eigenvalue weighted by molar-refractivity contribution is 0.502. The molecule has 0 radical (unpaired) electrons. The lowest BCUT2D eigenvalue weighted by Crippen LogP contribution is -2.22. The van der Waals surface area contributed by atoms with Crippen LogP contribution in [0.15, 0.2) is 48.8 Å². The van der Waals surface area contributed by atoms with E-state index in [0.29, 0.717) is 6.54 Å². The van der Waals surface area contributed by atoms with Gasteiger partial charge in [-0.25, -0.2) is 9.37 Å². The molecule has 2 aromatic carbocycles. The van der Waals surface area contributed by atoms with Crippen LogP contribution in [0.25, 0.3) is 11.0 Å². The number of nitrogens with one attached hydrogen (secondary N) is 1. The van der Waals surface area contributed by atoms with Crippen LogP contribution < -0.4 is 5.32 Å². The summed E-state index contributed by atoms with van der Waals surface area (Å²) in [6, 6.07) is 13.0. The molecule has 0 aliphatic carbocycles. The molecule has 108 valence electrons. The van der Waals surface area contributed by atoms with Crippen molar-refractivity contribution in [3.63, 3.8) is 0 Å². The molecule has 0 aliphatic rings. The van der Waals surface area contributed by atoms with Crippen LogP contribution in [0.5, 0.6) is 0 Å². The quantitative estimate of drug-likeness (QED) is 0.795. The van der Waals surface area contributed by atoms with Gasteiger partial charge in [-0.2, -0.15) is 0 Å². The summed E-state index contributed by atoms with van der Waals surface area (Å²) in [6.45, 7) is 2.71. The van der Waals surface area contributed by atoms with Gasteiger partial charge >= 0.3 is 0 Å². The molecule has 3 nitrogen and oxygen atoms in total. The molecule has 0 spiro atoms. The first-order valence-electron chi connectivity index (χ1n) is 7.02. The molecule has 1 unspecified atom stereocenters. The Labute approximate surface area is 123 Å². The van der Waals surface area contributed by atoms with Crippen molar-refractivity contribution in [2.24, 2.45) is 0 Å². The Balaban J connectivity index is 1.96. The van der Waals surface area contributed by atoms with E-state index in [2.05, 4.69) is 14.9 Å². The summed E-state index contributed by atoms with van der Waals surface area (Å²) in [4.78, 5) is 4.40. The number of benzene rings is 2. The highest BCUT2D eigenvalue weighted by Gasteiger charge is 2.14. The van der Waals surface area contributed by atoms with Gasteiger partial charge in [0.25, 0.3) is 0 Å². The van der Waals surface area contributed by atoms with Crippen LogP contribution in [-0.2, 0) is 6.54 Å². The molecule has 1 aromatic heterocycles. The third-order valence-corrected chi connectivity index (χ3v) is 3.87. The average Bonchev–Trinajstić information content (AvgIpc) is 2.91. The lowest BCUT2D eigenvalue weighted by atomic mass is 10.0. The maximum absolute atomic E-state index is 13.5. The van der Waals surface area contributed by atoms with Crippen molar-refractivity contribution in [2.45, 2.75) is 19.5 Å². The second-order valence-corrected chi connectivity index (χ2v) is 5.23. The Morgan fingerprint density at radius 3 is 2.86 bits per heavy atom. The highest BCUT2D eigenvalue weighted by Crippen LogP contribution is 2.22. The second kappa shape index (κ2) is 5.66. The molecule has 3 rings (SSSR count). The van der Waals surface area contributed by atoms with Crippen LogP contribution in [0, 0.1) is 12.7 Å². The van der Waals surface area contributed by atoms with Crippen LogP contribution in [0.1, 0.15) is 17.2 Å². The monoisotopic (exact) mass is 283 g/mol. The van der Waals surface area contributed by atoms with E-state index in [9.17, 15) is 4.39 Å². The maximum Gasteiger partial charge on any atom is 0.123 e. The molecular formula is C17H18FN3. The van der Waals surface area contributed by atoms with E-state index in [4.69, 9.17) is 0 Å². The molecule has 0 saturated carbocycles. The predicted octanol–water partition coefficient (Wildman–Crippen LogP) is 3.44. The molecule has 0 aliphatic heterocycles. The Morgan fingerprint density at radius 1 is 1.24 bits per heavy atom. The number of fused-ring (bicyclic) bond motifs is 1. The van der Waals surface area contributed by atoms with Crippen molar-refractivity contribution < 1.29 is 4.39 Å². The summed E-state index contributed by atoms with van der Waals surface area (Å²) in [7, 11) is 1.90. The molecule has 4 heteroatoms. The fourth-order valence-electron chi connectivity index (χ4n) is 2.68. The minimum absolute atomic E-state index is 0.0401. The summed E-state index contributed by atoms with van der Waals surface area (Å²) in [5.41, 5.74) is 4.13. The topological polar surface area (TPSA) is 29.9 Å². The number of aromatic nitrogens is 2.